The molecule has 0 saturated carbocycles. The average molecular weight is 370 g/mol. The Kier molecular flexibility index (Phi) is 4.71. The van der Waals surface area contributed by atoms with Crippen LogP contribution in [0.3, 0.4) is 0 Å². The normalized spacial score (nSPS) is 26.4. The molecule has 0 aliphatic carbocycles. The van der Waals surface area contributed by atoms with Crippen molar-refractivity contribution in [2.45, 2.75) is 11.4 Å². The molecule has 0 aromatic heterocycles. The van der Waals surface area contributed by atoms with Crippen molar-refractivity contribution < 1.29 is 24.7 Å². The lowest BCUT2D eigenvalue weighted by Gasteiger charge is -2.46. The summed E-state index contributed by atoms with van der Waals surface area (Å²) in [4.78, 5) is 36.6. The maximum Gasteiger partial charge on any atom is 0.333 e. The average Bonchev–Trinajstić information content (AvgIpc) is 2.60. The van der Waals surface area contributed by atoms with Crippen LogP contribution in [0.4, 0.5) is 0 Å². The fraction of sp³-hybridized carbons (Fsp3) is 0.385. The summed E-state index contributed by atoms with van der Waals surface area (Å²) in [6.45, 7) is 0.639. The molecule has 11 heteroatoms. The molecule has 24 heavy (non-hydrogen) atoms. The van der Waals surface area contributed by atoms with Crippen LogP contribution in [0.25, 0.3) is 0 Å². The first-order valence-electron chi connectivity index (χ1n) is 6.99. The minimum absolute atomic E-state index is 0.139. The Morgan fingerprint density at radius 3 is 2.88 bits per heavy atom. The summed E-state index contributed by atoms with van der Waals surface area (Å²) in [5.41, 5.74) is 0.357. The molecule has 0 aromatic carbocycles. The topological polar surface area (TPSA) is 131 Å². The lowest BCUT2D eigenvalue weighted by atomic mass is 10.1. The molecule has 9 nitrogen and oxygen atoms in total. The van der Waals surface area contributed by atoms with E-state index < -0.39 is 23.8 Å². The van der Waals surface area contributed by atoms with Gasteiger partial charge in [-0.05, 0) is 5.41 Å². The highest BCUT2D eigenvalue weighted by molar-refractivity contribution is 8.02. The van der Waals surface area contributed by atoms with Crippen molar-refractivity contribution in [1.82, 2.24) is 15.5 Å². The van der Waals surface area contributed by atoms with Crippen molar-refractivity contribution in [1.29, 1.82) is 0 Å². The molecule has 0 bridgehead atoms. The van der Waals surface area contributed by atoms with Gasteiger partial charge in [-0.3, -0.25) is 9.59 Å². The number of hydrogen-bond acceptors (Lipinski definition) is 8. The van der Waals surface area contributed by atoms with E-state index in [1.54, 1.807) is 5.41 Å². The second kappa shape index (κ2) is 6.77. The summed E-state index contributed by atoms with van der Waals surface area (Å²) in [5.74, 6) is -1.03. The summed E-state index contributed by atoms with van der Waals surface area (Å²) >= 11 is 2.75. The summed E-state index contributed by atoms with van der Waals surface area (Å²) in [6, 6.07) is -0.775. The molecule has 0 spiro atoms. The van der Waals surface area contributed by atoms with Crippen molar-refractivity contribution >= 4 is 47.0 Å². The van der Waals surface area contributed by atoms with Gasteiger partial charge in [0, 0.05) is 24.3 Å². The van der Waals surface area contributed by atoms with E-state index >= 15 is 0 Å². The Labute approximate surface area is 145 Å². The zero-order valence-corrected chi connectivity index (χ0v) is 13.9. The van der Waals surface area contributed by atoms with E-state index in [4.69, 9.17) is 10.3 Å². The van der Waals surface area contributed by atoms with Crippen molar-refractivity contribution in [3.05, 3.63) is 22.9 Å². The van der Waals surface area contributed by atoms with Gasteiger partial charge in [0.2, 0.25) is 0 Å². The highest BCUT2D eigenvalue weighted by Crippen LogP contribution is 2.36. The molecule has 3 rings (SSSR count). The monoisotopic (exact) mass is 370 g/mol. The van der Waals surface area contributed by atoms with Gasteiger partial charge in [-0.15, -0.1) is 23.5 Å². The molecule has 0 aromatic rings. The van der Waals surface area contributed by atoms with Crippen molar-refractivity contribution in [3.63, 3.8) is 0 Å². The number of carbonyl (C=O) groups is 3. The van der Waals surface area contributed by atoms with Crippen molar-refractivity contribution in [3.8, 4) is 0 Å². The Morgan fingerprint density at radius 1 is 1.46 bits per heavy atom. The molecule has 1 unspecified atom stereocenters. The van der Waals surface area contributed by atoms with E-state index in [1.807, 2.05) is 0 Å². The van der Waals surface area contributed by atoms with Crippen LogP contribution < -0.4 is 10.6 Å². The van der Waals surface area contributed by atoms with Crippen LogP contribution in [-0.2, 0) is 14.4 Å². The second-order valence-electron chi connectivity index (χ2n) is 5.14. The maximum absolute atomic E-state index is 12.3. The maximum atomic E-state index is 12.3. The van der Waals surface area contributed by atoms with E-state index in [0.717, 1.165) is 5.75 Å². The van der Waals surface area contributed by atoms with Crippen LogP contribution in [-0.4, -0.2) is 68.2 Å². The number of carboxylic acids is 1. The van der Waals surface area contributed by atoms with Crippen LogP contribution in [0.2, 0.25) is 0 Å². The fourth-order valence-corrected chi connectivity index (χ4v) is 4.38. The number of hydrogen-bond donors (Lipinski definition) is 4. The number of rotatable bonds is 4. The van der Waals surface area contributed by atoms with E-state index in [0.29, 0.717) is 12.2 Å². The Balaban J connectivity index is 1.67. The van der Waals surface area contributed by atoms with Gasteiger partial charge in [0.1, 0.15) is 11.4 Å². The highest BCUT2D eigenvalue weighted by Gasteiger charge is 2.50. The Hall–Kier alpha value is -2.14. The van der Waals surface area contributed by atoms with Crippen LogP contribution in [0.1, 0.15) is 0 Å². The minimum Gasteiger partial charge on any atom is -0.478 e. The van der Waals surface area contributed by atoms with Crippen molar-refractivity contribution in [2.75, 3.05) is 18.1 Å². The molecular formula is C13H14N4O5S2. The quantitative estimate of drug-likeness (QED) is 0.222. The predicted octanol–water partition coefficient (Wildman–Crippen LogP) is -0.637. The van der Waals surface area contributed by atoms with Gasteiger partial charge >= 0.3 is 5.97 Å². The van der Waals surface area contributed by atoms with Gasteiger partial charge in [-0.1, -0.05) is 5.16 Å². The number of nitrogens with zero attached hydrogens (tertiary/aromatic N) is 2. The first-order valence-corrected chi connectivity index (χ1v) is 9.09. The second-order valence-corrected chi connectivity index (χ2v) is 7.22. The third-order valence-corrected chi connectivity index (χ3v) is 5.81. The van der Waals surface area contributed by atoms with E-state index in [-0.39, 0.29) is 22.4 Å². The minimum atomic E-state index is -1.07. The van der Waals surface area contributed by atoms with Crippen LogP contribution >= 0.6 is 23.5 Å². The standard InChI is InChI=1S/C13H14N4O5S2/c18-10(8(16-22)7-5-23-2-1-14-7)15-9-11(19)17-3-6(13(20)21)4-24-12(9)17/h3,5,9,12,14,22H,1-2,4H2,(H,15,18)(H,20,21)/t9?,12-/m1/s1. The lowest BCUT2D eigenvalue weighted by Crippen LogP contribution is -2.69. The molecular weight excluding hydrogens is 356 g/mol. The number of amides is 2. The Bertz CT molecular complexity index is 690. The zero-order chi connectivity index (χ0) is 17.3. The van der Waals surface area contributed by atoms with Gasteiger partial charge in [0.15, 0.2) is 5.71 Å². The molecule has 3 heterocycles. The molecule has 3 aliphatic rings. The number of thioether (sulfide) groups is 2. The highest BCUT2D eigenvalue weighted by atomic mass is 32.2. The van der Waals surface area contributed by atoms with Gasteiger partial charge < -0.3 is 25.8 Å². The molecule has 4 N–H and O–H groups in total. The third-order valence-electron chi connectivity index (χ3n) is 3.65. The number of oxime groups is 1. The third kappa shape index (κ3) is 2.96. The number of fused-ring (bicyclic) bond motifs is 1. The van der Waals surface area contributed by atoms with Gasteiger partial charge in [-0.2, -0.15) is 0 Å². The first kappa shape index (κ1) is 16.7. The summed E-state index contributed by atoms with van der Waals surface area (Å²) in [5, 5.41) is 27.9. The number of carboxylic acid groups (broad SMARTS) is 1. The SMILES string of the molecule is O=C(O)C1=CN2C(=O)C(NC(=O)C(=NO)C3=CSCCN3)[C@H]2SC1. The fourth-order valence-electron chi connectivity index (χ4n) is 2.43. The van der Waals surface area contributed by atoms with Gasteiger partial charge in [0.05, 0.1) is 11.3 Å². The zero-order valence-electron chi connectivity index (χ0n) is 12.3. The van der Waals surface area contributed by atoms with Crippen molar-refractivity contribution in [2.24, 2.45) is 5.16 Å². The van der Waals surface area contributed by atoms with Crippen LogP contribution in [0, 0.1) is 0 Å². The van der Waals surface area contributed by atoms with E-state index in [2.05, 4.69) is 15.8 Å². The molecule has 128 valence electrons. The van der Waals surface area contributed by atoms with Gasteiger partial charge in [0.25, 0.3) is 11.8 Å². The molecule has 2 atom stereocenters. The molecule has 1 saturated heterocycles. The molecule has 0 radical (unpaired) electrons. The molecule has 1 fully saturated rings. The number of nitrogens with one attached hydrogen (secondary N) is 2. The summed E-state index contributed by atoms with van der Waals surface area (Å²) in [6.07, 6.45) is 1.30. The summed E-state index contributed by atoms with van der Waals surface area (Å²) in [7, 11) is 0. The Morgan fingerprint density at radius 2 is 2.25 bits per heavy atom. The van der Waals surface area contributed by atoms with Crippen LogP contribution in [0.5, 0.6) is 0 Å². The largest absolute Gasteiger partial charge is 0.478 e. The van der Waals surface area contributed by atoms with Crippen LogP contribution in [0.15, 0.2) is 28.0 Å². The predicted molar refractivity (Wildman–Crippen MR) is 88.5 cm³/mol. The number of aliphatic carboxylic acids is 1. The lowest BCUT2D eigenvalue weighted by molar-refractivity contribution is -0.144. The summed E-state index contributed by atoms with van der Waals surface area (Å²) < 4.78 is 0. The van der Waals surface area contributed by atoms with Gasteiger partial charge in [-0.25, -0.2) is 4.79 Å². The number of β-lactam (4-membered cyclic amide) rings is 1. The molecule has 2 amide bonds. The van der Waals surface area contributed by atoms with E-state index in [1.165, 1.54) is 34.6 Å². The smallest absolute Gasteiger partial charge is 0.333 e. The number of carbonyl (C=O) groups excluding carboxylic acids is 2. The molecule has 3 aliphatic heterocycles. The van der Waals surface area contributed by atoms with E-state index in [9.17, 15) is 14.4 Å². The first-order chi connectivity index (χ1) is 11.5.